The molecule has 2 N–H and O–H groups in total. The number of nitrogens with zero attached hydrogens (tertiary/aromatic N) is 2. The summed E-state index contributed by atoms with van der Waals surface area (Å²) in [6.45, 7) is 2.77. The van der Waals surface area contributed by atoms with Gasteiger partial charge in [-0.1, -0.05) is 54.6 Å². The third kappa shape index (κ3) is 7.32. The largest absolute Gasteiger partial charge is 0.493 e. The Morgan fingerprint density at radius 3 is 2.29 bits per heavy atom. The Morgan fingerprint density at radius 2 is 1.56 bits per heavy atom. The lowest BCUT2D eigenvalue weighted by Gasteiger charge is -2.29. The van der Waals surface area contributed by atoms with Crippen LogP contribution in [-0.4, -0.2) is 47.7 Å². The van der Waals surface area contributed by atoms with Crippen molar-refractivity contribution < 1.29 is 14.3 Å². The molecule has 4 aromatic carbocycles. The number of amides is 1. The molecule has 0 saturated heterocycles. The van der Waals surface area contributed by atoms with Crippen LogP contribution in [0.1, 0.15) is 38.2 Å². The SMILES string of the molecule is COc1cc2c(cc1OC)CN(CCc1ccc(NC(=O)c3cccc(/C=c4\[nH]c(=O)/c(=C\c5ccccc5)n(C)c4=O)c3)cc1)CC2. The van der Waals surface area contributed by atoms with Gasteiger partial charge in [0, 0.05) is 37.9 Å². The average molecular weight is 643 g/mol. The number of carbonyl (C=O) groups is 1. The Balaban J connectivity index is 1.10. The number of ether oxygens (including phenoxy) is 2. The summed E-state index contributed by atoms with van der Waals surface area (Å²) in [6, 6.07) is 28.3. The smallest absolute Gasteiger partial charge is 0.274 e. The molecule has 1 amide bonds. The number of fused-ring (bicyclic) bond motifs is 1. The van der Waals surface area contributed by atoms with Crippen LogP contribution in [0.3, 0.4) is 0 Å². The lowest BCUT2D eigenvalue weighted by atomic mass is 9.98. The van der Waals surface area contributed by atoms with E-state index in [4.69, 9.17) is 9.47 Å². The minimum absolute atomic E-state index is 0.134. The van der Waals surface area contributed by atoms with E-state index >= 15 is 0 Å². The molecule has 0 radical (unpaired) electrons. The van der Waals surface area contributed by atoms with Crippen LogP contribution in [-0.2, 0) is 26.4 Å². The van der Waals surface area contributed by atoms with Crippen LogP contribution < -0.4 is 36.6 Å². The van der Waals surface area contributed by atoms with Crippen LogP contribution in [0, 0.1) is 0 Å². The van der Waals surface area contributed by atoms with Crippen molar-refractivity contribution in [2.24, 2.45) is 7.05 Å². The van der Waals surface area contributed by atoms with Crippen molar-refractivity contribution in [3.8, 4) is 11.5 Å². The number of benzene rings is 4. The molecule has 1 aliphatic heterocycles. The highest BCUT2D eigenvalue weighted by atomic mass is 16.5. The number of anilines is 1. The number of aromatic amines is 1. The molecule has 1 aliphatic rings. The number of methoxy groups -OCH3 is 2. The van der Waals surface area contributed by atoms with E-state index in [1.807, 2.05) is 54.6 Å². The fourth-order valence-electron chi connectivity index (χ4n) is 5.96. The summed E-state index contributed by atoms with van der Waals surface area (Å²) in [6.07, 6.45) is 5.11. The normalized spacial score (nSPS) is 13.6. The van der Waals surface area contributed by atoms with Crippen molar-refractivity contribution in [1.82, 2.24) is 14.5 Å². The Morgan fingerprint density at radius 1 is 0.854 bits per heavy atom. The van der Waals surface area contributed by atoms with Gasteiger partial charge in [-0.2, -0.15) is 0 Å². The zero-order valence-corrected chi connectivity index (χ0v) is 27.3. The first-order valence-electron chi connectivity index (χ1n) is 15.9. The standard InChI is InChI=1S/C39H38N4O5/c1-42-34(22-27-8-5-4-6-9-27)38(45)41-33(39(42)46)21-28-10-7-11-30(20-28)37(44)40-32-14-12-26(13-15-32)16-18-43-19-17-29-23-35(47-2)36(48-3)24-31(29)25-43/h4-15,20-24H,16-19,25H2,1-3H3,(H,40,44)(H,41,45)/b33-21-,34-22+. The molecule has 0 fully saturated rings. The quantitative estimate of drug-likeness (QED) is 0.255. The van der Waals surface area contributed by atoms with Gasteiger partial charge in [0.25, 0.3) is 17.0 Å². The molecule has 2 heterocycles. The van der Waals surface area contributed by atoms with E-state index < -0.39 is 0 Å². The van der Waals surface area contributed by atoms with E-state index in [0.29, 0.717) is 16.8 Å². The minimum atomic E-state index is -0.382. The van der Waals surface area contributed by atoms with Crippen molar-refractivity contribution in [3.05, 3.63) is 156 Å². The Hall–Kier alpha value is -5.67. The molecule has 9 heteroatoms. The predicted octanol–water partition coefficient (Wildman–Crippen LogP) is 3.60. The molecule has 9 nitrogen and oxygen atoms in total. The summed E-state index contributed by atoms with van der Waals surface area (Å²) < 4.78 is 12.3. The first-order valence-corrected chi connectivity index (χ1v) is 15.9. The zero-order chi connectivity index (χ0) is 33.6. The van der Waals surface area contributed by atoms with Gasteiger partial charge in [0.05, 0.1) is 14.2 Å². The zero-order valence-electron chi connectivity index (χ0n) is 27.3. The number of H-pyrrole nitrogens is 1. The highest BCUT2D eigenvalue weighted by Crippen LogP contribution is 2.33. The lowest BCUT2D eigenvalue weighted by molar-refractivity contribution is 0.102. The number of hydrogen-bond acceptors (Lipinski definition) is 6. The summed E-state index contributed by atoms with van der Waals surface area (Å²) in [5, 5.41) is 3.35. The van der Waals surface area contributed by atoms with E-state index in [2.05, 4.69) is 27.3 Å². The van der Waals surface area contributed by atoms with E-state index in [0.717, 1.165) is 49.5 Å². The van der Waals surface area contributed by atoms with E-state index in [1.165, 1.54) is 21.3 Å². The van der Waals surface area contributed by atoms with Crippen LogP contribution >= 0.6 is 0 Å². The van der Waals surface area contributed by atoms with Gasteiger partial charge in [-0.25, -0.2) is 0 Å². The molecule has 244 valence electrons. The molecule has 1 aromatic heterocycles. The third-order valence-electron chi connectivity index (χ3n) is 8.67. The summed E-state index contributed by atoms with van der Waals surface area (Å²) in [7, 11) is 4.89. The van der Waals surface area contributed by atoms with Gasteiger partial charge in [-0.3, -0.25) is 19.3 Å². The van der Waals surface area contributed by atoms with Gasteiger partial charge in [-0.15, -0.1) is 0 Å². The maximum atomic E-state index is 13.1. The Labute approximate surface area is 278 Å². The maximum Gasteiger partial charge on any atom is 0.274 e. The number of hydrogen-bond donors (Lipinski definition) is 2. The molecule has 0 saturated carbocycles. The molecule has 0 atom stereocenters. The summed E-state index contributed by atoms with van der Waals surface area (Å²) in [5.74, 6) is 1.25. The van der Waals surface area contributed by atoms with Gasteiger partial charge in [0.2, 0.25) is 0 Å². The van der Waals surface area contributed by atoms with E-state index in [1.54, 1.807) is 57.7 Å². The molecular formula is C39H38N4O5. The second-order valence-electron chi connectivity index (χ2n) is 11.8. The third-order valence-corrected chi connectivity index (χ3v) is 8.67. The second kappa shape index (κ2) is 14.4. The van der Waals surface area contributed by atoms with Gasteiger partial charge in [-0.05, 0) is 89.2 Å². The fourth-order valence-corrected chi connectivity index (χ4v) is 5.96. The fraction of sp³-hybridized carbons (Fsp3) is 0.205. The van der Waals surface area contributed by atoms with E-state index in [-0.39, 0.29) is 27.7 Å². The van der Waals surface area contributed by atoms with Crippen LogP contribution in [0.2, 0.25) is 0 Å². The molecule has 0 unspecified atom stereocenters. The Kier molecular flexibility index (Phi) is 9.68. The van der Waals surface area contributed by atoms with Crippen molar-refractivity contribution in [2.45, 2.75) is 19.4 Å². The minimum Gasteiger partial charge on any atom is -0.493 e. The second-order valence-corrected chi connectivity index (χ2v) is 11.8. The summed E-state index contributed by atoms with van der Waals surface area (Å²) >= 11 is 0. The van der Waals surface area contributed by atoms with Gasteiger partial charge >= 0.3 is 0 Å². The molecule has 0 bridgehead atoms. The molecular weight excluding hydrogens is 604 g/mol. The first-order chi connectivity index (χ1) is 23.3. The predicted molar refractivity (Wildman–Crippen MR) is 188 cm³/mol. The summed E-state index contributed by atoms with van der Waals surface area (Å²) in [4.78, 5) is 44.3. The van der Waals surface area contributed by atoms with Crippen LogP contribution in [0.25, 0.3) is 12.2 Å². The molecule has 0 spiro atoms. The van der Waals surface area contributed by atoms with Crippen LogP contribution in [0.5, 0.6) is 11.5 Å². The van der Waals surface area contributed by atoms with Crippen molar-refractivity contribution >= 4 is 23.7 Å². The number of nitrogens with one attached hydrogen (secondary N) is 2. The van der Waals surface area contributed by atoms with Crippen LogP contribution in [0.4, 0.5) is 5.69 Å². The van der Waals surface area contributed by atoms with Crippen LogP contribution in [0.15, 0.2) is 101 Å². The van der Waals surface area contributed by atoms with Crippen molar-refractivity contribution in [3.63, 3.8) is 0 Å². The monoisotopic (exact) mass is 642 g/mol. The lowest BCUT2D eigenvalue weighted by Crippen LogP contribution is -2.52. The van der Waals surface area contributed by atoms with Gasteiger partial charge in [0.1, 0.15) is 10.7 Å². The number of carbonyl (C=O) groups excluding carboxylic acids is 1. The number of aromatic nitrogens is 2. The maximum absolute atomic E-state index is 13.1. The molecule has 48 heavy (non-hydrogen) atoms. The van der Waals surface area contributed by atoms with Gasteiger partial charge < -0.3 is 24.3 Å². The Bertz CT molecular complexity index is 2190. The van der Waals surface area contributed by atoms with Crippen molar-refractivity contribution in [1.29, 1.82) is 0 Å². The molecule has 5 aromatic rings. The van der Waals surface area contributed by atoms with E-state index in [9.17, 15) is 14.4 Å². The highest BCUT2D eigenvalue weighted by Gasteiger charge is 2.19. The summed E-state index contributed by atoms with van der Waals surface area (Å²) in [5.41, 5.74) is 5.58. The molecule has 6 rings (SSSR count). The van der Waals surface area contributed by atoms with Crippen molar-refractivity contribution in [2.75, 3.05) is 32.6 Å². The molecule has 0 aliphatic carbocycles. The number of rotatable bonds is 9. The first kappa shape index (κ1) is 32.3. The van der Waals surface area contributed by atoms with Gasteiger partial charge in [0.15, 0.2) is 11.5 Å². The average Bonchev–Trinajstić information content (AvgIpc) is 3.11. The highest BCUT2D eigenvalue weighted by molar-refractivity contribution is 6.04. The topological polar surface area (TPSA) is 106 Å².